The van der Waals surface area contributed by atoms with Crippen molar-refractivity contribution in [1.29, 1.82) is 0 Å². The Balaban J connectivity index is 1.77. The molecule has 2 aromatic rings. The average Bonchev–Trinajstić information content (AvgIpc) is 3.14. The number of carbonyl (C=O) groups excluding carboxylic acids is 2. The summed E-state index contributed by atoms with van der Waals surface area (Å²) in [6.45, 7) is 0. The lowest BCUT2D eigenvalue weighted by Gasteiger charge is -2.27. The van der Waals surface area contributed by atoms with E-state index in [0.717, 1.165) is 11.3 Å². The number of carbonyl (C=O) groups is 2. The first-order valence-corrected chi connectivity index (χ1v) is 8.16. The van der Waals surface area contributed by atoms with Gasteiger partial charge in [0.05, 0.1) is 18.8 Å². The third-order valence-electron chi connectivity index (χ3n) is 4.49. The molecule has 4 rings (SSSR count). The Labute approximate surface area is 149 Å². The Morgan fingerprint density at radius 1 is 1.04 bits per heavy atom. The highest BCUT2D eigenvalue weighted by molar-refractivity contribution is 6.30. The fourth-order valence-electron chi connectivity index (χ4n) is 3.29. The zero-order valence-corrected chi connectivity index (χ0v) is 14.1. The fraction of sp³-hybridized carbons (Fsp3) is 0.222. The van der Waals surface area contributed by atoms with E-state index in [-0.39, 0.29) is 5.91 Å². The summed E-state index contributed by atoms with van der Waals surface area (Å²) in [6, 6.07) is 14.0. The van der Waals surface area contributed by atoms with Gasteiger partial charge in [-0.2, -0.15) is 0 Å². The largest absolute Gasteiger partial charge is 0.497 e. The van der Waals surface area contributed by atoms with Crippen LogP contribution in [-0.2, 0) is 14.4 Å². The van der Waals surface area contributed by atoms with Gasteiger partial charge in [0.25, 0.3) is 5.91 Å². The van der Waals surface area contributed by atoms with Crippen LogP contribution in [0.15, 0.2) is 48.5 Å². The van der Waals surface area contributed by atoms with Gasteiger partial charge < -0.3 is 4.74 Å². The van der Waals surface area contributed by atoms with E-state index >= 15 is 0 Å². The maximum Gasteiger partial charge on any atom is 0.259 e. The van der Waals surface area contributed by atoms with E-state index in [4.69, 9.17) is 21.2 Å². The maximum atomic E-state index is 12.3. The lowest BCUT2D eigenvalue weighted by molar-refractivity contribution is -0.129. The molecule has 1 N–H and O–H groups in total. The van der Waals surface area contributed by atoms with Crippen molar-refractivity contribution >= 4 is 29.1 Å². The number of benzene rings is 2. The molecule has 7 heteroatoms. The molecule has 2 fully saturated rings. The molecule has 0 spiro atoms. The van der Waals surface area contributed by atoms with Crippen molar-refractivity contribution in [2.45, 2.75) is 12.1 Å². The predicted molar refractivity (Wildman–Crippen MR) is 91.2 cm³/mol. The van der Waals surface area contributed by atoms with E-state index in [9.17, 15) is 9.59 Å². The first-order valence-electron chi connectivity index (χ1n) is 7.79. The highest BCUT2D eigenvalue weighted by Gasteiger charge is 2.56. The summed E-state index contributed by atoms with van der Waals surface area (Å²) in [5.41, 5.74) is 1.58. The van der Waals surface area contributed by atoms with E-state index in [2.05, 4.69) is 5.32 Å². The van der Waals surface area contributed by atoms with E-state index in [1.165, 1.54) is 0 Å². The van der Waals surface area contributed by atoms with Crippen LogP contribution < -0.4 is 15.1 Å². The molecule has 0 aliphatic carbocycles. The highest BCUT2D eigenvalue weighted by atomic mass is 35.5. The van der Waals surface area contributed by atoms with Crippen molar-refractivity contribution in [3.8, 4) is 5.75 Å². The third kappa shape index (κ3) is 2.63. The van der Waals surface area contributed by atoms with Gasteiger partial charge in [-0.3, -0.25) is 19.7 Å². The number of nitrogens with zero attached hydrogens (tertiary/aromatic N) is 1. The molecule has 25 heavy (non-hydrogen) atoms. The quantitative estimate of drug-likeness (QED) is 0.854. The lowest BCUT2D eigenvalue weighted by atomic mass is 9.90. The molecular weight excluding hydrogens is 344 g/mol. The molecule has 0 bridgehead atoms. The monoisotopic (exact) mass is 358 g/mol. The van der Waals surface area contributed by atoms with Gasteiger partial charge in [-0.15, -0.1) is 0 Å². The minimum absolute atomic E-state index is 0.327. The Bertz CT molecular complexity index is 822. The number of hydroxylamine groups is 1. The molecule has 128 valence electrons. The van der Waals surface area contributed by atoms with Crippen LogP contribution in [0.3, 0.4) is 0 Å². The van der Waals surface area contributed by atoms with Crippen LogP contribution >= 0.6 is 11.6 Å². The summed E-state index contributed by atoms with van der Waals surface area (Å²) < 4.78 is 5.19. The molecular formula is C18H15ClN2O4. The maximum absolute atomic E-state index is 12.3. The van der Waals surface area contributed by atoms with Crippen LogP contribution in [0.4, 0.5) is 5.69 Å². The van der Waals surface area contributed by atoms with Gasteiger partial charge in [0.2, 0.25) is 5.91 Å². The number of methoxy groups -OCH3 is 1. The number of ether oxygens (including phenoxy) is 1. The molecule has 2 saturated heterocycles. The number of fused-ring (bicyclic) bond motifs is 1. The van der Waals surface area contributed by atoms with Crippen LogP contribution in [0.25, 0.3) is 0 Å². The fourth-order valence-corrected chi connectivity index (χ4v) is 3.41. The summed E-state index contributed by atoms with van der Waals surface area (Å²) >= 11 is 5.96. The second-order valence-corrected chi connectivity index (χ2v) is 6.36. The summed E-state index contributed by atoms with van der Waals surface area (Å²) in [7, 11) is 1.59. The number of amides is 2. The molecule has 0 saturated carbocycles. The molecule has 0 aromatic heterocycles. The zero-order chi connectivity index (χ0) is 17.6. The summed E-state index contributed by atoms with van der Waals surface area (Å²) in [5.74, 6) is -0.641. The van der Waals surface area contributed by atoms with Gasteiger partial charge in [-0.05, 0) is 42.0 Å². The minimum atomic E-state index is -0.838. The van der Waals surface area contributed by atoms with Crippen LogP contribution in [-0.4, -0.2) is 25.0 Å². The Morgan fingerprint density at radius 2 is 1.72 bits per heavy atom. The second-order valence-electron chi connectivity index (χ2n) is 5.93. The first-order chi connectivity index (χ1) is 12.1. The molecule has 2 aromatic carbocycles. The SMILES string of the molecule is COc1ccc([C@H]2[C@H]3C(=O)NC(=O)[C@H]3ON2c2ccc(Cl)cc2)cc1. The van der Waals surface area contributed by atoms with Gasteiger partial charge in [0.1, 0.15) is 11.7 Å². The topological polar surface area (TPSA) is 67.9 Å². The van der Waals surface area contributed by atoms with Crippen LogP contribution in [0.1, 0.15) is 11.6 Å². The molecule has 2 aliphatic rings. The van der Waals surface area contributed by atoms with E-state index in [1.54, 1.807) is 36.4 Å². The van der Waals surface area contributed by atoms with Crippen molar-refractivity contribution < 1.29 is 19.2 Å². The molecule has 2 heterocycles. The second kappa shape index (κ2) is 6.06. The number of hydrogen-bond acceptors (Lipinski definition) is 5. The van der Waals surface area contributed by atoms with Gasteiger partial charge >= 0.3 is 0 Å². The highest BCUT2D eigenvalue weighted by Crippen LogP contribution is 2.44. The first kappa shape index (κ1) is 15.9. The summed E-state index contributed by atoms with van der Waals surface area (Å²) in [4.78, 5) is 30.2. The number of hydrogen-bond donors (Lipinski definition) is 1. The normalized spacial score (nSPS) is 25.0. The number of imide groups is 1. The smallest absolute Gasteiger partial charge is 0.259 e. The van der Waals surface area contributed by atoms with Gasteiger partial charge in [0, 0.05) is 5.02 Å². The summed E-state index contributed by atoms with van der Waals surface area (Å²) in [5, 5.41) is 4.56. The Hall–Kier alpha value is -2.57. The van der Waals surface area contributed by atoms with Crippen LogP contribution in [0.2, 0.25) is 5.02 Å². The number of halogens is 1. The van der Waals surface area contributed by atoms with E-state index < -0.39 is 24.0 Å². The number of rotatable bonds is 3. The lowest BCUT2D eigenvalue weighted by Crippen LogP contribution is -2.33. The Kier molecular flexibility index (Phi) is 3.86. The predicted octanol–water partition coefficient (Wildman–Crippen LogP) is 2.48. The molecule has 6 nitrogen and oxygen atoms in total. The molecule has 0 unspecified atom stereocenters. The van der Waals surface area contributed by atoms with Gasteiger partial charge in [-0.1, -0.05) is 23.7 Å². The number of nitrogens with one attached hydrogen (secondary N) is 1. The number of anilines is 1. The third-order valence-corrected chi connectivity index (χ3v) is 4.74. The van der Waals surface area contributed by atoms with Crippen LogP contribution in [0, 0.1) is 5.92 Å². The summed E-state index contributed by atoms with van der Waals surface area (Å²) in [6.07, 6.45) is -0.838. The van der Waals surface area contributed by atoms with E-state index in [1.807, 2.05) is 24.3 Å². The Morgan fingerprint density at radius 3 is 2.36 bits per heavy atom. The van der Waals surface area contributed by atoms with Crippen LogP contribution in [0.5, 0.6) is 5.75 Å². The molecule has 0 radical (unpaired) electrons. The van der Waals surface area contributed by atoms with Crippen molar-refractivity contribution in [2.75, 3.05) is 12.2 Å². The van der Waals surface area contributed by atoms with Crippen molar-refractivity contribution in [2.24, 2.45) is 5.92 Å². The van der Waals surface area contributed by atoms with Crippen molar-refractivity contribution in [3.63, 3.8) is 0 Å². The molecule has 3 atom stereocenters. The minimum Gasteiger partial charge on any atom is -0.497 e. The molecule has 2 amide bonds. The van der Waals surface area contributed by atoms with E-state index in [0.29, 0.717) is 10.8 Å². The zero-order valence-electron chi connectivity index (χ0n) is 13.3. The van der Waals surface area contributed by atoms with Crippen molar-refractivity contribution in [1.82, 2.24) is 5.32 Å². The van der Waals surface area contributed by atoms with Crippen molar-refractivity contribution in [3.05, 3.63) is 59.1 Å². The molecule has 2 aliphatic heterocycles. The standard InChI is InChI=1S/C18H15ClN2O4/c1-24-13-8-2-10(3-9-13)15-14-16(18(23)20-17(14)22)25-21(15)12-6-4-11(19)5-7-12/h2-9,14-16H,1H3,(H,20,22,23)/t14-,15+,16+/m1/s1. The average molecular weight is 359 g/mol. The van der Waals surface area contributed by atoms with Gasteiger partial charge in [0.15, 0.2) is 6.10 Å². The van der Waals surface area contributed by atoms with Gasteiger partial charge in [-0.25, -0.2) is 5.06 Å².